The molecule has 0 aliphatic rings. The van der Waals surface area contributed by atoms with Crippen LogP contribution in [-0.2, 0) is 0 Å². The maximum absolute atomic E-state index is 4.49. The molecule has 2 aromatic heterocycles. The summed E-state index contributed by atoms with van der Waals surface area (Å²) >= 11 is 1.78. The highest BCUT2D eigenvalue weighted by Gasteiger charge is 2.08. The lowest BCUT2D eigenvalue weighted by Crippen LogP contribution is -1.77. The van der Waals surface area contributed by atoms with Gasteiger partial charge in [-0.3, -0.25) is 0 Å². The predicted molar refractivity (Wildman–Crippen MR) is 79.4 cm³/mol. The van der Waals surface area contributed by atoms with E-state index in [1.54, 1.807) is 11.3 Å². The molecule has 0 amide bonds. The molecule has 0 spiro atoms. The molecular weight excluding hydrogens is 238 g/mol. The summed E-state index contributed by atoms with van der Waals surface area (Å²) in [7, 11) is 0. The van der Waals surface area contributed by atoms with Crippen molar-refractivity contribution in [3.05, 3.63) is 54.2 Å². The number of aryl methyl sites for hydroxylation is 1. The molecular formula is C16H11NS. The predicted octanol–water partition coefficient (Wildman–Crippen LogP) is 4.91. The van der Waals surface area contributed by atoms with E-state index >= 15 is 0 Å². The molecule has 0 bridgehead atoms. The number of thiophene rings is 1. The van der Waals surface area contributed by atoms with E-state index < -0.39 is 0 Å². The van der Waals surface area contributed by atoms with E-state index in [1.165, 1.54) is 31.8 Å². The van der Waals surface area contributed by atoms with Gasteiger partial charge in [-0.2, -0.15) is 0 Å². The summed E-state index contributed by atoms with van der Waals surface area (Å²) < 4.78 is 1.32. The maximum Gasteiger partial charge on any atom is 0.124 e. The molecule has 4 aromatic rings. The lowest BCUT2D eigenvalue weighted by molar-refractivity contribution is 1.40. The Morgan fingerprint density at radius 1 is 1.00 bits per heavy atom. The molecule has 18 heavy (non-hydrogen) atoms. The van der Waals surface area contributed by atoms with Gasteiger partial charge in [0.2, 0.25) is 0 Å². The summed E-state index contributed by atoms with van der Waals surface area (Å²) in [5, 5.41) is 5.24. The lowest BCUT2D eigenvalue weighted by atomic mass is 10.1. The zero-order chi connectivity index (χ0) is 12.1. The van der Waals surface area contributed by atoms with Crippen molar-refractivity contribution < 1.29 is 0 Å². The summed E-state index contributed by atoms with van der Waals surface area (Å²) in [5.74, 6) is 0. The van der Waals surface area contributed by atoms with Gasteiger partial charge in [-0.15, -0.1) is 11.3 Å². The molecule has 0 aliphatic heterocycles. The second kappa shape index (κ2) is 3.53. The monoisotopic (exact) mass is 249 g/mol. The van der Waals surface area contributed by atoms with Crippen LogP contribution in [0.25, 0.3) is 31.1 Å². The number of fused-ring (bicyclic) bond motifs is 4. The number of hydrogen-bond acceptors (Lipinski definition) is 2. The number of aromatic nitrogens is 1. The molecule has 0 unspecified atom stereocenters. The Balaban J connectivity index is 2.29. The minimum absolute atomic E-state index is 1.14. The molecule has 2 heteroatoms. The van der Waals surface area contributed by atoms with Crippen LogP contribution in [0.15, 0.2) is 48.7 Å². The average molecular weight is 249 g/mol. The number of nitrogens with zero attached hydrogens (tertiary/aromatic N) is 1. The fourth-order valence-corrected chi connectivity index (χ4v) is 3.69. The Morgan fingerprint density at radius 2 is 1.78 bits per heavy atom. The SMILES string of the molecule is Cc1ccnc2sc3cc4ccccc4cc3c12. The first-order valence-electron chi connectivity index (χ1n) is 5.99. The van der Waals surface area contributed by atoms with Gasteiger partial charge in [-0.25, -0.2) is 4.98 Å². The molecule has 0 fully saturated rings. The van der Waals surface area contributed by atoms with E-state index in [1.807, 2.05) is 6.20 Å². The highest BCUT2D eigenvalue weighted by atomic mass is 32.1. The number of rotatable bonds is 0. The van der Waals surface area contributed by atoms with Crippen molar-refractivity contribution in [2.24, 2.45) is 0 Å². The topological polar surface area (TPSA) is 12.9 Å². The zero-order valence-electron chi connectivity index (χ0n) is 9.97. The van der Waals surface area contributed by atoms with E-state index in [2.05, 4.69) is 54.4 Å². The van der Waals surface area contributed by atoms with Crippen LogP contribution in [0.3, 0.4) is 0 Å². The summed E-state index contributed by atoms with van der Waals surface area (Å²) in [6.07, 6.45) is 1.90. The molecule has 0 radical (unpaired) electrons. The molecule has 4 rings (SSSR count). The highest BCUT2D eigenvalue weighted by molar-refractivity contribution is 7.25. The van der Waals surface area contributed by atoms with Gasteiger partial charge in [-0.05, 0) is 41.5 Å². The minimum Gasteiger partial charge on any atom is -0.245 e. The van der Waals surface area contributed by atoms with Crippen LogP contribution in [-0.4, -0.2) is 4.98 Å². The molecule has 1 nitrogen and oxygen atoms in total. The lowest BCUT2D eigenvalue weighted by Gasteiger charge is -1.99. The summed E-state index contributed by atoms with van der Waals surface area (Å²) in [6, 6.07) is 15.2. The third kappa shape index (κ3) is 1.30. The second-order valence-corrected chi connectivity index (χ2v) is 5.64. The van der Waals surface area contributed by atoms with Gasteiger partial charge < -0.3 is 0 Å². The van der Waals surface area contributed by atoms with Crippen molar-refractivity contribution in [2.75, 3.05) is 0 Å². The number of benzene rings is 2. The van der Waals surface area contributed by atoms with Crippen molar-refractivity contribution in [3.63, 3.8) is 0 Å². The Morgan fingerprint density at radius 3 is 2.61 bits per heavy atom. The molecule has 0 N–H and O–H groups in total. The first kappa shape index (κ1) is 10.0. The van der Waals surface area contributed by atoms with Crippen LogP contribution < -0.4 is 0 Å². The third-order valence-corrected chi connectivity index (χ3v) is 4.51. The van der Waals surface area contributed by atoms with Gasteiger partial charge in [0.05, 0.1) is 0 Å². The van der Waals surface area contributed by atoms with Crippen molar-refractivity contribution in [1.29, 1.82) is 0 Å². The Bertz CT molecular complexity index is 889. The van der Waals surface area contributed by atoms with Gasteiger partial charge in [0.1, 0.15) is 4.83 Å². The van der Waals surface area contributed by atoms with Gasteiger partial charge in [0.25, 0.3) is 0 Å². The molecule has 0 atom stereocenters. The molecule has 86 valence electrons. The van der Waals surface area contributed by atoms with Gasteiger partial charge in [0, 0.05) is 21.7 Å². The van der Waals surface area contributed by atoms with E-state index in [0.717, 1.165) is 4.83 Å². The first-order chi connectivity index (χ1) is 8.83. The van der Waals surface area contributed by atoms with E-state index in [9.17, 15) is 0 Å². The van der Waals surface area contributed by atoms with Crippen LogP contribution in [0.2, 0.25) is 0 Å². The van der Waals surface area contributed by atoms with Crippen molar-refractivity contribution >= 4 is 42.4 Å². The molecule has 0 saturated carbocycles. The molecule has 2 heterocycles. The zero-order valence-corrected chi connectivity index (χ0v) is 10.8. The van der Waals surface area contributed by atoms with Crippen molar-refractivity contribution in [3.8, 4) is 0 Å². The number of pyridine rings is 1. The minimum atomic E-state index is 1.14. The fraction of sp³-hybridized carbons (Fsp3) is 0.0625. The third-order valence-electron chi connectivity index (χ3n) is 3.45. The Kier molecular flexibility index (Phi) is 1.97. The summed E-state index contributed by atoms with van der Waals surface area (Å²) in [6.45, 7) is 2.16. The van der Waals surface area contributed by atoms with Crippen molar-refractivity contribution in [1.82, 2.24) is 4.98 Å². The molecule has 0 aliphatic carbocycles. The Labute approximate surface area is 109 Å². The van der Waals surface area contributed by atoms with Crippen LogP contribution in [0.5, 0.6) is 0 Å². The Hall–Kier alpha value is -1.93. The van der Waals surface area contributed by atoms with Crippen LogP contribution >= 0.6 is 11.3 Å². The van der Waals surface area contributed by atoms with Gasteiger partial charge >= 0.3 is 0 Å². The first-order valence-corrected chi connectivity index (χ1v) is 6.81. The number of hydrogen-bond donors (Lipinski definition) is 0. The van der Waals surface area contributed by atoms with Gasteiger partial charge in [-0.1, -0.05) is 24.3 Å². The maximum atomic E-state index is 4.49. The molecule has 0 saturated heterocycles. The van der Waals surface area contributed by atoms with E-state index in [0.29, 0.717) is 0 Å². The highest BCUT2D eigenvalue weighted by Crippen LogP contribution is 2.36. The quantitative estimate of drug-likeness (QED) is 0.431. The van der Waals surface area contributed by atoms with Gasteiger partial charge in [0.15, 0.2) is 0 Å². The summed E-state index contributed by atoms with van der Waals surface area (Å²) in [4.78, 5) is 5.63. The van der Waals surface area contributed by atoms with E-state index in [-0.39, 0.29) is 0 Å². The fourth-order valence-electron chi connectivity index (χ4n) is 2.54. The smallest absolute Gasteiger partial charge is 0.124 e. The standard InChI is InChI=1S/C16H11NS/c1-10-6-7-17-16-15(10)13-8-11-4-2-3-5-12(11)9-14(13)18-16/h2-9H,1H3. The van der Waals surface area contributed by atoms with Crippen LogP contribution in [0.1, 0.15) is 5.56 Å². The van der Waals surface area contributed by atoms with Crippen LogP contribution in [0.4, 0.5) is 0 Å². The molecule has 2 aromatic carbocycles. The van der Waals surface area contributed by atoms with Crippen LogP contribution in [0, 0.1) is 6.92 Å². The van der Waals surface area contributed by atoms with E-state index in [4.69, 9.17) is 0 Å². The largest absolute Gasteiger partial charge is 0.245 e. The second-order valence-electron chi connectivity index (χ2n) is 4.61. The average Bonchev–Trinajstić information content (AvgIpc) is 2.74. The van der Waals surface area contributed by atoms with Crippen molar-refractivity contribution in [2.45, 2.75) is 6.92 Å². The summed E-state index contributed by atoms with van der Waals surface area (Å²) in [5.41, 5.74) is 1.31. The normalized spacial score (nSPS) is 11.6.